The highest BCUT2D eigenvalue weighted by Gasteiger charge is 2.41. The topological polar surface area (TPSA) is 84.2 Å². The molecule has 146 valence electrons. The van der Waals surface area contributed by atoms with Crippen LogP contribution >= 0.6 is 11.6 Å². The maximum absolute atomic E-state index is 12.9. The van der Waals surface area contributed by atoms with Crippen LogP contribution in [0.15, 0.2) is 24.3 Å². The van der Waals surface area contributed by atoms with Crippen molar-refractivity contribution >= 4 is 23.5 Å². The first kappa shape index (κ1) is 21.0. The van der Waals surface area contributed by atoms with Gasteiger partial charge in [-0.25, -0.2) is 4.79 Å². The summed E-state index contributed by atoms with van der Waals surface area (Å²) in [6.07, 6.45) is 0.713. The number of amides is 1. The van der Waals surface area contributed by atoms with Crippen LogP contribution in [0.2, 0.25) is 5.02 Å². The van der Waals surface area contributed by atoms with Gasteiger partial charge in [0.1, 0.15) is 0 Å². The summed E-state index contributed by atoms with van der Waals surface area (Å²) in [5, 5.41) is 17.6. The van der Waals surface area contributed by atoms with Crippen molar-refractivity contribution in [3.8, 4) is 0 Å². The molecule has 1 heterocycles. The molecular weight excluding hydrogens is 366 g/mol. The maximum Gasteiger partial charge on any atom is 0.334 e. The normalized spacial score (nSPS) is 14.4. The minimum absolute atomic E-state index is 0.216. The number of hydrogen-bond donors (Lipinski definition) is 2. The van der Waals surface area contributed by atoms with E-state index in [1.165, 1.54) is 0 Å². The fourth-order valence-corrected chi connectivity index (χ4v) is 3.40. The van der Waals surface area contributed by atoms with E-state index < -0.39 is 17.4 Å². The second-order valence-electron chi connectivity index (χ2n) is 6.94. The number of nitrogens with one attached hydrogen (secondary N) is 1. The Kier molecular flexibility index (Phi) is 6.31. The van der Waals surface area contributed by atoms with Crippen molar-refractivity contribution in [2.24, 2.45) is 13.0 Å². The monoisotopic (exact) mass is 391 g/mol. The number of aliphatic carboxylic acids is 1. The first-order valence-electron chi connectivity index (χ1n) is 8.93. The third-order valence-electron chi connectivity index (χ3n) is 5.19. The van der Waals surface area contributed by atoms with Crippen LogP contribution < -0.4 is 5.32 Å². The third-order valence-corrected chi connectivity index (χ3v) is 5.44. The zero-order chi connectivity index (χ0) is 20.4. The highest BCUT2D eigenvalue weighted by Crippen LogP contribution is 2.28. The van der Waals surface area contributed by atoms with Gasteiger partial charge in [0.2, 0.25) is 5.91 Å². The molecule has 0 radical (unpaired) electrons. The predicted octanol–water partition coefficient (Wildman–Crippen LogP) is 3.38. The molecule has 6 nitrogen and oxygen atoms in total. The van der Waals surface area contributed by atoms with Crippen molar-refractivity contribution in [2.45, 2.75) is 46.1 Å². The van der Waals surface area contributed by atoms with E-state index in [0.717, 1.165) is 17.0 Å². The summed E-state index contributed by atoms with van der Waals surface area (Å²) in [5.74, 6) is -1.80. The van der Waals surface area contributed by atoms with Crippen LogP contribution in [0.5, 0.6) is 0 Å². The number of aromatic nitrogens is 2. The fraction of sp³-hybridized carbons (Fsp3) is 0.450. The van der Waals surface area contributed by atoms with Gasteiger partial charge in [0.05, 0.1) is 5.69 Å². The number of carbonyl (C=O) groups excluding carboxylic acids is 1. The van der Waals surface area contributed by atoms with Gasteiger partial charge < -0.3 is 10.4 Å². The number of benzene rings is 1. The smallest absolute Gasteiger partial charge is 0.334 e. The van der Waals surface area contributed by atoms with E-state index in [4.69, 9.17) is 11.6 Å². The average Bonchev–Trinajstić information content (AvgIpc) is 2.86. The minimum Gasteiger partial charge on any atom is -0.479 e. The van der Waals surface area contributed by atoms with Crippen molar-refractivity contribution in [3.63, 3.8) is 0 Å². The summed E-state index contributed by atoms with van der Waals surface area (Å²) in [4.78, 5) is 25.0. The van der Waals surface area contributed by atoms with E-state index in [1.807, 2.05) is 20.9 Å². The minimum atomic E-state index is -1.49. The number of aryl methyl sites for hydroxylation is 2. The van der Waals surface area contributed by atoms with Crippen LogP contribution in [0, 0.1) is 19.8 Å². The SMILES string of the molecule is CCC(NC(=O)C(C)Cc1c(C)nn(C)c1C)(C(=O)O)c1ccc(Cl)cc1. The predicted molar refractivity (Wildman–Crippen MR) is 105 cm³/mol. The fourth-order valence-electron chi connectivity index (χ4n) is 3.27. The lowest BCUT2D eigenvalue weighted by Crippen LogP contribution is -2.53. The van der Waals surface area contributed by atoms with Crippen molar-refractivity contribution in [1.82, 2.24) is 15.1 Å². The first-order chi connectivity index (χ1) is 12.6. The van der Waals surface area contributed by atoms with Gasteiger partial charge in [-0.2, -0.15) is 5.10 Å². The maximum atomic E-state index is 12.9. The highest BCUT2D eigenvalue weighted by atomic mass is 35.5. The van der Waals surface area contributed by atoms with Crippen molar-refractivity contribution < 1.29 is 14.7 Å². The molecule has 7 heteroatoms. The molecular formula is C20H26ClN3O3. The van der Waals surface area contributed by atoms with E-state index in [-0.39, 0.29) is 12.3 Å². The van der Waals surface area contributed by atoms with Crippen LogP contribution in [0.1, 0.15) is 42.8 Å². The molecule has 0 aliphatic heterocycles. The van der Waals surface area contributed by atoms with Crippen molar-refractivity contribution in [3.05, 3.63) is 51.8 Å². The number of carbonyl (C=O) groups is 2. The van der Waals surface area contributed by atoms with E-state index >= 15 is 0 Å². The number of carboxylic acids is 1. The molecule has 2 atom stereocenters. The molecule has 0 saturated heterocycles. The van der Waals surface area contributed by atoms with Gasteiger partial charge in [-0.1, -0.05) is 37.6 Å². The summed E-state index contributed by atoms with van der Waals surface area (Å²) in [7, 11) is 1.86. The summed E-state index contributed by atoms with van der Waals surface area (Å²) in [5.41, 5.74) is 1.91. The third kappa shape index (κ3) is 4.16. The van der Waals surface area contributed by atoms with Gasteiger partial charge >= 0.3 is 5.97 Å². The van der Waals surface area contributed by atoms with E-state index in [1.54, 1.807) is 42.8 Å². The Balaban J connectivity index is 2.27. The zero-order valence-corrected chi connectivity index (χ0v) is 17.1. The molecule has 0 aliphatic carbocycles. The molecule has 0 fully saturated rings. The van der Waals surface area contributed by atoms with Crippen LogP contribution in [0.4, 0.5) is 0 Å². The molecule has 1 aromatic heterocycles. The Hall–Kier alpha value is -2.34. The Morgan fingerprint density at radius 1 is 1.30 bits per heavy atom. The van der Waals surface area contributed by atoms with E-state index in [0.29, 0.717) is 17.0 Å². The Morgan fingerprint density at radius 2 is 1.89 bits per heavy atom. The molecule has 2 aromatic rings. The molecule has 0 bridgehead atoms. The first-order valence-corrected chi connectivity index (χ1v) is 9.30. The van der Waals surface area contributed by atoms with Crippen molar-refractivity contribution in [2.75, 3.05) is 0 Å². The van der Waals surface area contributed by atoms with Gasteiger partial charge in [0.15, 0.2) is 5.54 Å². The van der Waals surface area contributed by atoms with Gasteiger partial charge in [-0.05, 0) is 49.9 Å². The quantitative estimate of drug-likeness (QED) is 0.757. The number of nitrogens with zero attached hydrogens (tertiary/aromatic N) is 2. The molecule has 1 amide bonds. The van der Waals surface area contributed by atoms with E-state index in [9.17, 15) is 14.7 Å². The van der Waals surface area contributed by atoms with Gasteiger partial charge in [-0.15, -0.1) is 0 Å². The van der Waals surface area contributed by atoms with Gasteiger partial charge in [0, 0.05) is 23.7 Å². The van der Waals surface area contributed by atoms with Gasteiger partial charge in [0.25, 0.3) is 0 Å². The van der Waals surface area contributed by atoms with Crippen LogP contribution in [0.3, 0.4) is 0 Å². The second-order valence-corrected chi connectivity index (χ2v) is 7.37. The Labute approximate surface area is 164 Å². The summed E-state index contributed by atoms with van der Waals surface area (Å²) < 4.78 is 1.79. The zero-order valence-electron chi connectivity index (χ0n) is 16.3. The summed E-state index contributed by atoms with van der Waals surface area (Å²) in [6, 6.07) is 6.53. The number of halogens is 1. The lowest BCUT2D eigenvalue weighted by Gasteiger charge is -2.31. The molecule has 2 N–H and O–H groups in total. The lowest BCUT2D eigenvalue weighted by atomic mass is 9.86. The molecule has 0 aliphatic rings. The van der Waals surface area contributed by atoms with Gasteiger partial charge in [-0.3, -0.25) is 9.48 Å². The average molecular weight is 392 g/mol. The largest absolute Gasteiger partial charge is 0.479 e. The van der Waals surface area contributed by atoms with Crippen molar-refractivity contribution in [1.29, 1.82) is 0 Å². The standard InChI is InChI=1S/C20H26ClN3O3/c1-6-20(19(26)27,15-7-9-16(21)10-8-15)22-18(25)12(2)11-17-13(3)23-24(5)14(17)4/h7-10,12H,6,11H2,1-5H3,(H,22,25)(H,26,27). The molecule has 27 heavy (non-hydrogen) atoms. The van der Waals surface area contributed by atoms with Crippen LogP contribution in [-0.4, -0.2) is 26.8 Å². The lowest BCUT2D eigenvalue weighted by molar-refractivity contribution is -0.149. The molecule has 2 rings (SSSR count). The molecule has 0 spiro atoms. The Bertz CT molecular complexity index is 845. The second kappa shape index (κ2) is 8.13. The highest BCUT2D eigenvalue weighted by molar-refractivity contribution is 6.30. The molecule has 2 unspecified atom stereocenters. The van der Waals surface area contributed by atoms with E-state index in [2.05, 4.69) is 10.4 Å². The van der Waals surface area contributed by atoms with Crippen LogP contribution in [0.25, 0.3) is 0 Å². The Morgan fingerprint density at radius 3 is 2.33 bits per heavy atom. The summed E-state index contributed by atoms with van der Waals surface area (Å²) in [6.45, 7) is 7.41. The molecule has 0 saturated carbocycles. The summed E-state index contributed by atoms with van der Waals surface area (Å²) >= 11 is 5.92. The number of rotatable bonds is 7. The molecule has 1 aromatic carbocycles. The number of carboxylic acid groups (broad SMARTS) is 1. The number of hydrogen-bond acceptors (Lipinski definition) is 3. The van der Waals surface area contributed by atoms with Crippen LogP contribution in [-0.2, 0) is 28.6 Å².